The lowest BCUT2D eigenvalue weighted by atomic mass is 10.0. The minimum absolute atomic E-state index is 0.0330. The minimum atomic E-state index is -4.50. The van der Waals surface area contributed by atoms with Crippen LogP contribution in [0.5, 0.6) is 5.75 Å². The zero-order chi connectivity index (χ0) is 40.3. The Labute approximate surface area is 337 Å². The first-order valence-electron chi connectivity index (χ1n) is 22.1. The van der Waals surface area contributed by atoms with Gasteiger partial charge in [-0.25, -0.2) is 0 Å². The molecule has 9 nitrogen and oxygen atoms in total. The van der Waals surface area contributed by atoms with Gasteiger partial charge in [0.2, 0.25) is 0 Å². The number of phosphoric acid groups is 1. The molecule has 0 spiro atoms. The van der Waals surface area contributed by atoms with Crippen molar-refractivity contribution in [3.63, 3.8) is 0 Å². The standard InChI is InChI=1S/C45H82NO8P/c1-6-8-9-10-11-12-13-14-15-16-17-18-20-23-27-30-38-51-44(41-54-55(48,49)53-39-36-46(3,4)5)40-52-45(47)31-28-25-22-19-21-24-26-29-37-50-43-34-32-42(7-2)33-35-43/h7,32-35,44H,2,6,8-31,36-41H2,1,3-5H3. The van der Waals surface area contributed by atoms with Gasteiger partial charge >= 0.3 is 5.97 Å². The summed E-state index contributed by atoms with van der Waals surface area (Å²) in [5, 5.41) is 0. The Morgan fingerprint density at radius 1 is 0.673 bits per heavy atom. The lowest BCUT2D eigenvalue weighted by Crippen LogP contribution is -2.37. The Kier molecular flexibility index (Phi) is 32.0. The van der Waals surface area contributed by atoms with Crippen molar-refractivity contribution in [1.29, 1.82) is 0 Å². The number of hydrogen-bond donors (Lipinski definition) is 0. The molecule has 0 fully saturated rings. The molecule has 2 atom stereocenters. The molecule has 0 heterocycles. The third kappa shape index (κ3) is 34.1. The third-order valence-corrected chi connectivity index (χ3v) is 10.8. The van der Waals surface area contributed by atoms with Crippen LogP contribution in [0.1, 0.15) is 173 Å². The van der Waals surface area contributed by atoms with Crippen LogP contribution in [0.4, 0.5) is 0 Å². The molecule has 320 valence electrons. The Bertz CT molecular complexity index is 1090. The van der Waals surface area contributed by atoms with Crippen molar-refractivity contribution in [1.82, 2.24) is 0 Å². The lowest BCUT2D eigenvalue weighted by Gasteiger charge is -2.28. The predicted octanol–water partition coefficient (Wildman–Crippen LogP) is 11.6. The van der Waals surface area contributed by atoms with E-state index in [1.54, 1.807) is 0 Å². The summed E-state index contributed by atoms with van der Waals surface area (Å²) in [4.78, 5) is 24.9. The van der Waals surface area contributed by atoms with E-state index in [1.165, 1.54) is 96.3 Å². The second kappa shape index (κ2) is 34.3. The average Bonchev–Trinajstić information content (AvgIpc) is 3.15. The highest BCUT2D eigenvalue weighted by atomic mass is 31.2. The average molecular weight is 796 g/mol. The van der Waals surface area contributed by atoms with Gasteiger partial charge in [-0.15, -0.1) is 0 Å². The van der Waals surface area contributed by atoms with E-state index in [0.29, 0.717) is 24.1 Å². The first kappa shape index (κ1) is 51.3. The van der Waals surface area contributed by atoms with Crippen LogP contribution in [0, 0.1) is 0 Å². The van der Waals surface area contributed by atoms with Gasteiger partial charge in [0.25, 0.3) is 7.82 Å². The third-order valence-electron chi connectivity index (χ3n) is 9.87. The molecule has 0 aliphatic heterocycles. The van der Waals surface area contributed by atoms with Gasteiger partial charge in [0.05, 0.1) is 34.4 Å². The maximum absolute atomic E-state index is 12.5. The normalized spacial score (nSPS) is 13.4. The first-order chi connectivity index (χ1) is 26.5. The summed E-state index contributed by atoms with van der Waals surface area (Å²) in [5.41, 5.74) is 1.09. The molecule has 0 aliphatic carbocycles. The van der Waals surface area contributed by atoms with Crippen molar-refractivity contribution < 1.29 is 42.0 Å². The number of nitrogens with zero attached hydrogens (tertiary/aromatic N) is 1. The summed E-state index contributed by atoms with van der Waals surface area (Å²) in [7, 11) is 1.38. The highest BCUT2D eigenvalue weighted by molar-refractivity contribution is 7.45. The van der Waals surface area contributed by atoms with Gasteiger partial charge in [-0.3, -0.25) is 9.36 Å². The number of carbonyl (C=O) groups is 1. The quantitative estimate of drug-likeness (QED) is 0.0280. The SMILES string of the molecule is C=Cc1ccc(OCCCCCCCCCCC(=O)OCC(COP(=O)([O-])OCC[N+](C)(C)C)OCCCCCCCCCCCCCCCCCC)cc1. The highest BCUT2D eigenvalue weighted by Crippen LogP contribution is 2.38. The summed E-state index contributed by atoms with van der Waals surface area (Å²) in [5.74, 6) is 0.607. The van der Waals surface area contributed by atoms with Gasteiger partial charge in [0.1, 0.15) is 31.6 Å². The lowest BCUT2D eigenvalue weighted by molar-refractivity contribution is -0.870. The van der Waals surface area contributed by atoms with Crippen LogP contribution >= 0.6 is 7.82 Å². The summed E-state index contributed by atoms with van der Waals surface area (Å²) in [6.07, 6.45) is 30.7. The number of likely N-dealkylation sites (N-methyl/N-ethyl adjacent to an activating group) is 1. The Morgan fingerprint density at radius 2 is 1.15 bits per heavy atom. The number of unbranched alkanes of at least 4 members (excludes halogenated alkanes) is 22. The number of esters is 1. The van der Waals surface area contributed by atoms with Crippen molar-refractivity contribution in [2.45, 2.75) is 174 Å². The van der Waals surface area contributed by atoms with Crippen LogP contribution < -0.4 is 9.63 Å². The first-order valence-corrected chi connectivity index (χ1v) is 23.5. The van der Waals surface area contributed by atoms with E-state index in [2.05, 4.69) is 13.5 Å². The number of rotatable bonds is 40. The number of phosphoric ester groups is 1. The van der Waals surface area contributed by atoms with Crippen molar-refractivity contribution in [3.8, 4) is 5.75 Å². The van der Waals surface area contributed by atoms with Gasteiger partial charge in [-0.05, 0) is 37.0 Å². The molecule has 2 unspecified atom stereocenters. The van der Waals surface area contributed by atoms with Crippen LogP contribution in [0.25, 0.3) is 6.08 Å². The van der Waals surface area contributed by atoms with E-state index in [-0.39, 0.29) is 25.8 Å². The molecular weight excluding hydrogens is 713 g/mol. The van der Waals surface area contributed by atoms with Gasteiger partial charge in [0, 0.05) is 13.0 Å². The molecule has 0 saturated heterocycles. The van der Waals surface area contributed by atoms with Gasteiger partial charge in [-0.1, -0.05) is 167 Å². The van der Waals surface area contributed by atoms with E-state index in [4.69, 9.17) is 23.3 Å². The summed E-state index contributed by atoms with van der Waals surface area (Å²) in [6.45, 7) is 7.51. The van der Waals surface area contributed by atoms with E-state index in [1.807, 2.05) is 51.5 Å². The van der Waals surface area contributed by atoms with Crippen LogP contribution in [0.15, 0.2) is 30.8 Å². The summed E-state index contributed by atoms with van der Waals surface area (Å²) >= 11 is 0. The molecule has 0 aliphatic rings. The van der Waals surface area contributed by atoms with E-state index in [0.717, 1.165) is 75.7 Å². The van der Waals surface area contributed by atoms with E-state index in [9.17, 15) is 14.3 Å². The number of quaternary nitrogens is 1. The second-order valence-electron chi connectivity index (χ2n) is 16.3. The van der Waals surface area contributed by atoms with E-state index >= 15 is 0 Å². The van der Waals surface area contributed by atoms with Crippen LogP contribution in [-0.4, -0.2) is 77.3 Å². The number of hydrogen-bond acceptors (Lipinski definition) is 8. The van der Waals surface area contributed by atoms with Crippen molar-refractivity contribution in [2.24, 2.45) is 0 Å². The Balaban J connectivity index is 2.20. The van der Waals surface area contributed by atoms with E-state index < -0.39 is 13.9 Å². The smallest absolute Gasteiger partial charge is 0.305 e. The summed E-state index contributed by atoms with van der Waals surface area (Å²) < 4.78 is 40.5. The van der Waals surface area contributed by atoms with Crippen LogP contribution in [-0.2, 0) is 27.9 Å². The summed E-state index contributed by atoms with van der Waals surface area (Å²) in [6, 6.07) is 7.98. The fourth-order valence-corrected chi connectivity index (χ4v) is 6.99. The zero-order valence-electron chi connectivity index (χ0n) is 35.8. The van der Waals surface area contributed by atoms with Crippen LogP contribution in [0.2, 0.25) is 0 Å². The fourth-order valence-electron chi connectivity index (χ4n) is 6.26. The zero-order valence-corrected chi connectivity index (χ0v) is 36.6. The number of ether oxygens (including phenoxy) is 3. The molecule has 0 aromatic heterocycles. The molecule has 0 bridgehead atoms. The molecule has 10 heteroatoms. The Hall–Kier alpha value is -1.74. The van der Waals surface area contributed by atoms with Crippen molar-refractivity contribution in [2.75, 3.05) is 60.7 Å². The molecular formula is C45H82NO8P. The fraction of sp³-hybridized carbons (Fsp3) is 0.800. The Morgan fingerprint density at radius 3 is 1.64 bits per heavy atom. The van der Waals surface area contributed by atoms with Crippen molar-refractivity contribution >= 4 is 19.9 Å². The monoisotopic (exact) mass is 796 g/mol. The van der Waals surface area contributed by atoms with Gasteiger partial charge in [0.15, 0.2) is 0 Å². The maximum Gasteiger partial charge on any atom is 0.305 e. The molecule has 1 aromatic carbocycles. The predicted molar refractivity (Wildman–Crippen MR) is 226 cm³/mol. The second-order valence-corrected chi connectivity index (χ2v) is 17.7. The van der Waals surface area contributed by atoms with Gasteiger partial charge < -0.3 is 32.6 Å². The number of carbonyl (C=O) groups excluding carboxylic acids is 1. The van der Waals surface area contributed by atoms with Gasteiger partial charge in [-0.2, -0.15) is 0 Å². The molecule has 1 aromatic rings. The van der Waals surface area contributed by atoms with Crippen molar-refractivity contribution in [3.05, 3.63) is 36.4 Å². The van der Waals surface area contributed by atoms with Crippen LogP contribution in [0.3, 0.4) is 0 Å². The molecule has 55 heavy (non-hydrogen) atoms. The number of benzene rings is 1. The maximum atomic E-state index is 12.5. The largest absolute Gasteiger partial charge is 0.756 e. The highest BCUT2D eigenvalue weighted by Gasteiger charge is 2.19. The minimum Gasteiger partial charge on any atom is -0.756 e. The topological polar surface area (TPSA) is 103 Å². The molecule has 1 rings (SSSR count). The molecule has 0 radical (unpaired) electrons. The molecule has 0 saturated carbocycles. The molecule has 0 amide bonds. The molecule has 0 N–H and O–H groups in total.